The Hall–Kier alpha value is 0.390. The molecule has 0 radical (unpaired) electrons. The van der Waals surface area contributed by atoms with Crippen LogP contribution in [0, 0.1) is 3.57 Å². The maximum absolute atomic E-state index is 5.89. The summed E-state index contributed by atoms with van der Waals surface area (Å²) in [6.07, 6.45) is 0.984. The van der Waals surface area contributed by atoms with Crippen molar-refractivity contribution in [3.05, 3.63) is 31.8 Å². The normalized spacial score (nSPS) is 13.0. The fourth-order valence-corrected chi connectivity index (χ4v) is 1.76. The quantitative estimate of drug-likeness (QED) is 0.820. The average Bonchev–Trinajstić information content (AvgIpc) is 2.08. The molecule has 0 saturated heterocycles. The molecule has 0 bridgehead atoms. The Morgan fingerprint density at radius 2 is 2.25 bits per heavy atom. The summed E-state index contributed by atoms with van der Waals surface area (Å²) >= 11 is 5.75. The maximum atomic E-state index is 5.89. The lowest BCUT2D eigenvalue weighted by molar-refractivity contribution is 0.698. The molecule has 0 spiro atoms. The minimum atomic E-state index is 0.173. The van der Waals surface area contributed by atoms with Gasteiger partial charge in [0.1, 0.15) is 0 Å². The molecule has 2 N–H and O–H groups in total. The summed E-state index contributed by atoms with van der Waals surface area (Å²) < 4.78 is 2.35. The van der Waals surface area contributed by atoms with Gasteiger partial charge in [0.2, 0.25) is 0 Å². The van der Waals surface area contributed by atoms with E-state index in [1.807, 2.05) is 6.07 Å². The molecule has 0 unspecified atom stereocenters. The Bertz CT molecular complexity index is 275. The molecule has 12 heavy (non-hydrogen) atoms. The molecule has 1 aromatic carbocycles. The largest absolute Gasteiger partial charge is 0.324 e. The van der Waals surface area contributed by atoms with Crippen LogP contribution >= 0.6 is 38.5 Å². The van der Waals surface area contributed by atoms with E-state index in [4.69, 9.17) is 5.73 Å². The summed E-state index contributed by atoms with van der Waals surface area (Å²) in [6, 6.07) is 6.41. The Labute approximate surface area is 95.0 Å². The lowest BCUT2D eigenvalue weighted by atomic mass is 10.1. The molecule has 1 atom stereocenters. The second kappa shape index (κ2) is 4.58. The summed E-state index contributed by atoms with van der Waals surface area (Å²) in [5, 5.41) is 0. The van der Waals surface area contributed by atoms with Crippen molar-refractivity contribution in [1.29, 1.82) is 0 Å². The SMILES string of the molecule is CC[C@H](N)c1ccc(Br)c(I)c1. The highest BCUT2D eigenvalue weighted by molar-refractivity contribution is 14.1. The summed E-state index contributed by atoms with van der Waals surface area (Å²) in [6.45, 7) is 2.10. The Balaban J connectivity index is 2.96. The van der Waals surface area contributed by atoms with Crippen LogP contribution in [0.5, 0.6) is 0 Å². The first-order valence-electron chi connectivity index (χ1n) is 3.85. The van der Waals surface area contributed by atoms with Gasteiger partial charge in [-0.1, -0.05) is 13.0 Å². The van der Waals surface area contributed by atoms with Gasteiger partial charge >= 0.3 is 0 Å². The number of hydrogen-bond acceptors (Lipinski definition) is 1. The number of benzene rings is 1. The molecule has 0 heterocycles. The number of halogens is 2. The van der Waals surface area contributed by atoms with Crippen LogP contribution in [0.3, 0.4) is 0 Å². The fourth-order valence-electron chi connectivity index (χ4n) is 0.979. The zero-order valence-corrected chi connectivity index (χ0v) is 10.6. The van der Waals surface area contributed by atoms with Crippen LogP contribution in [0.2, 0.25) is 0 Å². The molecule has 0 fully saturated rings. The predicted molar refractivity (Wildman–Crippen MR) is 64.1 cm³/mol. The van der Waals surface area contributed by atoms with Crippen molar-refractivity contribution in [3.63, 3.8) is 0 Å². The Morgan fingerprint density at radius 3 is 2.75 bits per heavy atom. The minimum Gasteiger partial charge on any atom is -0.324 e. The third kappa shape index (κ3) is 2.44. The predicted octanol–water partition coefficient (Wildman–Crippen LogP) is 3.46. The van der Waals surface area contributed by atoms with Gasteiger partial charge in [-0.05, 0) is 62.6 Å². The second-order valence-corrected chi connectivity index (χ2v) is 4.70. The number of nitrogens with two attached hydrogens (primary N) is 1. The first kappa shape index (κ1) is 10.5. The molecule has 0 aliphatic heterocycles. The van der Waals surface area contributed by atoms with Gasteiger partial charge in [0.25, 0.3) is 0 Å². The van der Waals surface area contributed by atoms with E-state index in [2.05, 4.69) is 57.6 Å². The highest BCUT2D eigenvalue weighted by atomic mass is 127. The zero-order chi connectivity index (χ0) is 9.14. The van der Waals surface area contributed by atoms with Gasteiger partial charge in [0.15, 0.2) is 0 Å². The summed E-state index contributed by atoms with van der Waals surface area (Å²) in [7, 11) is 0. The van der Waals surface area contributed by atoms with Gasteiger partial charge in [-0.3, -0.25) is 0 Å². The van der Waals surface area contributed by atoms with E-state index in [0.29, 0.717) is 0 Å². The van der Waals surface area contributed by atoms with Gasteiger partial charge in [-0.25, -0.2) is 0 Å². The molecule has 0 amide bonds. The van der Waals surface area contributed by atoms with Crippen LogP contribution in [-0.2, 0) is 0 Å². The monoisotopic (exact) mass is 339 g/mol. The van der Waals surface area contributed by atoms with Crippen LogP contribution in [0.15, 0.2) is 22.7 Å². The summed E-state index contributed by atoms with van der Waals surface area (Å²) in [5.74, 6) is 0. The van der Waals surface area contributed by atoms with Crippen molar-refractivity contribution < 1.29 is 0 Å². The fraction of sp³-hybridized carbons (Fsp3) is 0.333. The van der Waals surface area contributed by atoms with Crippen molar-refractivity contribution in [3.8, 4) is 0 Å². The Morgan fingerprint density at radius 1 is 1.58 bits per heavy atom. The molecular weight excluding hydrogens is 329 g/mol. The van der Waals surface area contributed by atoms with Crippen LogP contribution in [-0.4, -0.2) is 0 Å². The van der Waals surface area contributed by atoms with Gasteiger partial charge < -0.3 is 5.73 Å². The van der Waals surface area contributed by atoms with Crippen LogP contribution < -0.4 is 5.73 Å². The topological polar surface area (TPSA) is 26.0 Å². The highest BCUT2D eigenvalue weighted by Crippen LogP contribution is 2.23. The number of rotatable bonds is 2. The lowest BCUT2D eigenvalue weighted by Crippen LogP contribution is -2.08. The molecule has 0 aliphatic carbocycles. The van der Waals surface area contributed by atoms with Crippen LogP contribution in [0.4, 0.5) is 0 Å². The van der Waals surface area contributed by atoms with Gasteiger partial charge in [-0.15, -0.1) is 0 Å². The molecule has 66 valence electrons. The third-order valence-electron chi connectivity index (χ3n) is 1.81. The first-order valence-corrected chi connectivity index (χ1v) is 5.73. The molecule has 1 aromatic rings. The van der Waals surface area contributed by atoms with Gasteiger partial charge in [0, 0.05) is 14.1 Å². The van der Waals surface area contributed by atoms with E-state index < -0.39 is 0 Å². The highest BCUT2D eigenvalue weighted by Gasteiger charge is 2.04. The first-order chi connectivity index (χ1) is 5.65. The Kier molecular flexibility index (Phi) is 3.99. The van der Waals surface area contributed by atoms with E-state index in [0.717, 1.165) is 10.9 Å². The molecule has 0 aliphatic rings. The van der Waals surface area contributed by atoms with Crippen molar-refractivity contribution in [2.45, 2.75) is 19.4 Å². The lowest BCUT2D eigenvalue weighted by Gasteiger charge is -2.09. The molecular formula is C9H11BrIN. The molecule has 1 nitrogen and oxygen atoms in total. The van der Waals surface area contributed by atoms with Crippen LogP contribution in [0.25, 0.3) is 0 Å². The summed E-state index contributed by atoms with van der Waals surface area (Å²) in [5.41, 5.74) is 7.11. The van der Waals surface area contributed by atoms with Crippen molar-refractivity contribution >= 4 is 38.5 Å². The van der Waals surface area contributed by atoms with E-state index in [-0.39, 0.29) is 6.04 Å². The molecule has 3 heteroatoms. The summed E-state index contributed by atoms with van der Waals surface area (Å²) in [4.78, 5) is 0. The molecule has 1 rings (SSSR count). The zero-order valence-electron chi connectivity index (χ0n) is 6.85. The maximum Gasteiger partial charge on any atom is 0.0309 e. The van der Waals surface area contributed by atoms with Crippen molar-refractivity contribution in [1.82, 2.24) is 0 Å². The second-order valence-electron chi connectivity index (χ2n) is 2.69. The van der Waals surface area contributed by atoms with Crippen LogP contribution in [0.1, 0.15) is 24.9 Å². The van der Waals surface area contributed by atoms with Crippen molar-refractivity contribution in [2.75, 3.05) is 0 Å². The smallest absolute Gasteiger partial charge is 0.0309 e. The molecule has 0 saturated carbocycles. The van der Waals surface area contributed by atoms with Crippen molar-refractivity contribution in [2.24, 2.45) is 5.73 Å². The van der Waals surface area contributed by atoms with E-state index in [9.17, 15) is 0 Å². The van der Waals surface area contributed by atoms with Gasteiger partial charge in [-0.2, -0.15) is 0 Å². The third-order valence-corrected chi connectivity index (χ3v) is 4.14. The number of hydrogen-bond donors (Lipinski definition) is 1. The van der Waals surface area contributed by atoms with E-state index in [1.165, 1.54) is 9.13 Å². The van der Waals surface area contributed by atoms with E-state index >= 15 is 0 Å². The standard InChI is InChI=1S/C9H11BrIN/c1-2-9(12)6-3-4-7(10)8(11)5-6/h3-5,9H,2,12H2,1H3/t9-/m0/s1. The van der Waals surface area contributed by atoms with Gasteiger partial charge in [0.05, 0.1) is 0 Å². The average molecular weight is 340 g/mol. The van der Waals surface area contributed by atoms with E-state index in [1.54, 1.807) is 0 Å². The minimum absolute atomic E-state index is 0.173. The molecule has 0 aromatic heterocycles.